The van der Waals surface area contributed by atoms with Crippen molar-refractivity contribution in [3.63, 3.8) is 0 Å². The highest BCUT2D eigenvalue weighted by Crippen LogP contribution is 2.56. The number of nitrogens with zero attached hydrogens (tertiary/aromatic N) is 3. The fraction of sp³-hybridized carbons (Fsp3) is 0.304. The number of halogens is 1. The van der Waals surface area contributed by atoms with E-state index in [9.17, 15) is 22.7 Å². The molecular formula is C23H22FN3O5S. The first-order chi connectivity index (χ1) is 15.7. The summed E-state index contributed by atoms with van der Waals surface area (Å²) in [5.74, 6) is -1.02. The van der Waals surface area contributed by atoms with Crippen molar-refractivity contribution in [3.05, 3.63) is 65.1 Å². The summed E-state index contributed by atoms with van der Waals surface area (Å²) in [6, 6.07) is 8.58. The van der Waals surface area contributed by atoms with E-state index >= 15 is 0 Å². The first-order valence-electron chi connectivity index (χ1n) is 10.5. The number of aromatic nitrogens is 1. The summed E-state index contributed by atoms with van der Waals surface area (Å²) in [5, 5.41) is 11.3. The number of amides is 1. The summed E-state index contributed by atoms with van der Waals surface area (Å²) in [4.78, 5) is 19.4. The van der Waals surface area contributed by atoms with Crippen LogP contribution in [0.2, 0.25) is 0 Å². The highest BCUT2D eigenvalue weighted by molar-refractivity contribution is 7.84. The molecule has 2 heterocycles. The molecule has 0 spiro atoms. The molecule has 1 unspecified atom stereocenters. The van der Waals surface area contributed by atoms with Crippen LogP contribution >= 0.6 is 0 Å². The predicted molar refractivity (Wildman–Crippen MR) is 118 cm³/mol. The number of carbonyl (C=O) groups excluding carboxylic acids is 1. The lowest BCUT2D eigenvalue weighted by molar-refractivity contribution is 0.0687. The first-order valence-corrected chi connectivity index (χ1v) is 11.9. The number of phenolic OH excluding ortho intramolecular Hbond substituents is 1. The number of rotatable bonds is 6. The van der Waals surface area contributed by atoms with Crippen LogP contribution in [0, 0.1) is 11.7 Å². The number of pyridine rings is 1. The summed E-state index contributed by atoms with van der Waals surface area (Å²) < 4.78 is 45.3. The maximum Gasteiger partial charge on any atom is 0.384 e. The van der Waals surface area contributed by atoms with Crippen LogP contribution in [-0.4, -0.2) is 47.7 Å². The quantitative estimate of drug-likeness (QED) is 0.592. The molecule has 33 heavy (non-hydrogen) atoms. The second kappa shape index (κ2) is 7.67. The van der Waals surface area contributed by atoms with Gasteiger partial charge in [-0.2, -0.15) is 12.7 Å². The van der Waals surface area contributed by atoms with E-state index in [4.69, 9.17) is 4.18 Å². The summed E-state index contributed by atoms with van der Waals surface area (Å²) >= 11 is 0. The molecule has 1 aromatic heterocycles. The Morgan fingerprint density at radius 1 is 1.21 bits per heavy atom. The highest BCUT2D eigenvalue weighted by Gasteiger charge is 2.49. The van der Waals surface area contributed by atoms with Gasteiger partial charge in [0, 0.05) is 37.8 Å². The molecule has 0 saturated heterocycles. The van der Waals surface area contributed by atoms with Crippen LogP contribution in [0.15, 0.2) is 42.6 Å². The fourth-order valence-electron chi connectivity index (χ4n) is 4.33. The van der Waals surface area contributed by atoms with E-state index in [0.29, 0.717) is 16.5 Å². The standard InChI is InChI=1S/C23H22FN3O5S/c1-26(2)33(30,31)32-22-16-4-3-11-25-19(16)21(28)18-17(22)20(14-7-8-14)27(23(18)29)12-13-5-9-15(24)10-6-13/h3-6,9-11,14,20,28H,7-8,12H2,1-2H3. The Morgan fingerprint density at radius 3 is 2.55 bits per heavy atom. The maximum atomic E-state index is 13.6. The molecule has 3 aromatic rings. The Hall–Kier alpha value is -3.24. The van der Waals surface area contributed by atoms with Crippen molar-refractivity contribution in [2.24, 2.45) is 5.92 Å². The molecule has 1 fully saturated rings. The predicted octanol–water partition coefficient (Wildman–Crippen LogP) is 3.37. The third kappa shape index (κ3) is 3.59. The lowest BCUT2D eigenvalue weighted by Gasteiger charge is -2.26. The smallest absolute Gasteiger partial charge is 0.384 e. The van der Waals surface area contributed by atoms with Gasteiger partial charge in [-0.25, -0.2) is 4.39 Å². The monoisotopic (exact) mass is 471 g/mol. The second-order valence-electron chi connectivity index (χ2n) is 8.53. The third-order valence-electron chi connectivity index (χ3n) is 6.10. The molecule has 5 rings (SSSR count). The molecule has 1 atom stereocenters. The molecule has 1 amide bonds. The van der Waals surface area contributed by atoms with E-state index in [2.05, 4.69) is 4.98 Å². The number of benzene rings is 2. The first kappa shape index (κ1) is 21.6. The zero-order valence-corrected chi connectivity index (χ0v) is 18.8. The van der Waals surface area contributed by atoms with Crippen molar-refractivity contribution in [1.82, 2.24) is 14.2 Å². The Kier molecular flexibility index (Phi) is 5.02. The van der Waals surface area contributed by atoms with Crippen LogP contribution in [0.1, 0.15) is 40.4 Å². The van der Waals surface area contributed by atoms with Crippen LogP contribution in [0.25, 0.3) is 10.9 Å². The summed E-state index contributed by atoms with van der Waals surface area (Å²) in [6.45, 7) is 0.179. The van der Waals surface area contributed by atoms with Gasteiger partial charge in [0.1, 0.15) is 11.3 Å². The second-order valence-corrected chi connectivity index (χ2v) is 10.3. The Balaban J connectivity index is 1.72. The molecule has 1 saturated carbocycles. The van der Waals surface area contributed by atoms with Gasteiger partial charge in [0.2, 0.25) is 0 Å². The molecule has 0 radical (unpaired) electrons. The van der Waals surface area contributed by atoms with Gasteiger partial charge < -0.3 is 14.2 Å². The molecule has 8 nitrogen and oxygen atoms in total. The molecule has 1 aliphatic carbocycles. The van der Waals surface area contributed by atoms with Gasteiger partial charge in [-0.3, -0.25) is 9.78 Å². The van der Waals surface area contributed by atoms with Crippen molar-refractivity contribution >= 4 is 27.1 Å². The van der Waals surface area contributed by atoms with Gasteiger partial charge in [0.15, 0.2) is 11.5 Å². The Morgan fingerprint density at radius 2 is 1.91 bits per heavy atom. The van der Waals surface area contributed by atoms with E-state index in [1.807, 2.05) is 0 Å². The van der Waals surface area contributed by atoms with Crippen LogP contribution in [0.5, 0.6) is 11.5 Å². The van der Waals surface area contributed by atoms with Crippen molar-refractivity contribution in [2.45, 2.75) is 25.4 Å². The number of hydrogen-bond acceptors (Lipinski definition) is 6. The molecule has 1 N–H and O–H groups in total. The maximum absolute atomic E-state index is 13.6. The minimum absolute atomic E-state index is 0.00386. The van der Waals surface area contributed by atoms with Crippen LogP contribution in [-0.2, 0) is 16.8 Å². The number of fused-ring (bicyclic) bond motifs is 2. The molecule has 2 aromatic carbocycles. The number of hydrogen-bond donors (Lipinski definition) is 1. The zero-order chi connectivity index (χ0) is 23.5. The molecule has 0 bridgehead atoms. The van der Waals surface area contributed by atoms with Crippen LogP contribution in [0.4, 0.5) is 4.39 Å². The molecule has 10 heteroatoms. The lowest BCUT2D eigenvalue weighted by atomic mass is 9.96. The lowest BCUT2D eigenvalue weighted by Crippen LogP contribution is -2.29. The average molecular weight is 472 g/mol. The number of carbonyl (C=O) groups is 1. The van der Waals surface area contributed by atoms with Gasteiger partial charge in [-0.15, -0.1) is 0 Å². The van der Waals surface area contributed by atoms with Crippen LogP contribution < -0.4 is 4.18 Å². The van der Waals surface area contributed by atoms with Gasteiger partial charge in [-0.1, -0.05) is 12.1 Å². The van der Waals surface area contributed by atoms with Crippen molar-refractivity contribution in [1.29, 1.82) is 0 Å². The minimum Gasteiger partial charge on any atom is -0.505 e. The summed E-state index contributed by atoms with van der Waals surface area (Å²) in [7, 11) is -1.46. The topological polar surface area (TPSA) is 100 Å². The van der Waals surface area contributed by atoms with E-state index in [0.717, 1.165) is 17.1 Å². The van der Waals surface area contributed by atoms with E-state index in [1.165, 1.54) is 32.4 Å². The van der Waals surface area contributed by atoms with Crippen molar-refractivity contribution in [3.8, 4) is 11.5 Å². The molecule has 2 aliphatic rings. The third-order valence-corrected chi connectivity index (χ3v) is 7.38. The summed E-state index contributed by atoms with van der Waals surface area (Å²) in [5.41, 5.74) is 1.16. The fourth-order valence-corrected chi connectivity index (χ4v) is 4.87. The molecule has 1 aliphatic heterocycles. The minimum atomic E-state index is -4.15. The number of phenols is 1. The van der Waals surface area contributed by atoms with Crippen molar-refractivity contribution in [2.75, 3.05) is 14.1 Å². The van der Waals surface area contributed by atoms with Gasteiger partial charge >= 0.3 is 10.3 Å². The molecule has 172 valence electrons. The largest absolute Gasteiger partial charge is 0.505 e. The number of aromatic hydroxyl groups is 1. The highest BCUT2D eigenvalue weighted by atomic mass is 32.2. The Labute approximate surface area is 190 Å². The van der Waals surface area contributed by atoms with E-state index in [-0.39, 0.29) is 40.9 Å². The normalized spacial score (nSPS) is 18.2. The van der Waals surface area contributed by atoms with Crippen molar-refractivity contribution < 1.29 is 26.9 Å². The zero-order valence-electron chi connectivity index (χ0n) is 18.0. The van der Waals surface area contributed by atoms with Gasteiger partial charge in [0.05, 0.1) is 11.6 Å². The van der Waals surface area contributed by atoms with E-state index < -0.39 is 22.3 Å². The van der Waals surface area contributed by atoms with Gasteiger partial charge in [-0.05, 0) is 48.6 Å². The summed E-state index contributed by atoms with van der Waals surface area (Å²) in [6.07, 6.45) is 3.15. The molecular weight excluding hydrogens is 449 g/mol. The van der Waals surface area contributed by atoms with Gasteiger partial charge in [0.25, 0.3) is 5.91 Å². The SMILES string of the molecule is CN(C)S(=O)(=O)Oc1c2c(c(O)c3ncccc13)C(=O)N(Cc1ccc(F)cc1)C2C1CC1. The Bertz CT molecular complexity index is 1370. The van der Waals surface area contributed by atoms with E-state index in [1.54, 1.807) is 29.2 Å². The average Bonchev–Trinajstić information content (AvgIpc) is 3.57. The van der Waals surface area contributed by atoms with Crippen LogP contribution in [0.3, 0.4) is 0 Å².